The molecule has 0 spiro atoms. The van der Waals surface area contributed by atoms with Crippen LogP contribution in [-0.2, 0) is 9.53 Å². The van der Waals surface area contributed by atoms with Gasteiger partial charge in [0, 0.05) is 18.0 Å². The summed E-state index contributed by atoms with van der Waals surface area (Å²) < 4.78 is 7.46. The second-order valence-electron chi connectivity index (χ2n) is 6.57. The first kappa shape index (κ1) is 18.2. The number of nitrogens with zero attached hydrogens (tertiary/aromatic N) is 2. The van der Waals surface area contributed by atoms with Crippen molar-refractivity contribution in [3.05, 3.63) is 41.7 Å². The molecule has 5 heteroatoms. The first-order valence-electron chi connectivity index (χ1n) is 8.43. The van der Waals surface area contributed by atoms with Crippen LogP contribution in [0.15, 0.2) is 30.3 Å². The molecular formula is C19H27N3O2. The van der Waals surface area contributed by atoms with Gasteiger partial charge < -0.3 is 10.1 Å². The van der Waals surface area contributed by atoms with Crippen LogP contribution in [0.3, 0.4) is 0 Å². The van der Waals surface area contributed by atoms with Gasteiger partial charge in [0.2, 0.25) is 0 Å². The van der Waals surface area contributed by atoms with Crippen LogP contribution in [-0.4, -0.2) is 28.4 Å². The van der Waals surface area contributed by atoms with Gasteiger partial charge in [-0.25, -0.2) is 4.68 Å². The van der Waals surface area contributed by atoms with E-state index in [0.29, 0.717) is 12.5 Å². The molecule has 1 amide bonds. The Bertz CT molecular complexity index is 692. The van der Waals surface area contributed by atoms with Gasteiger partial charge in [0.15, 0.2) is 0 Å². The van der Waals surface area contributed by atoms with Gasteiger partial charge in [-0.15, -0.1) is 0 Å². The Balaban J connectivity index is 2.01. The molecule has 2 aromatic rings. The molecule has 5 nitrogen and oxygen atoms in total. The number of amides is 1. The van der Waals surface area contributed by atoms with Crippen molar-refractivity contribution in [2.24, 2.45) is 5.92 Å². The van der Waals surface area contributed by atoms with Crippen LogP contribution in [0, 0.1) is 19.8 Å². The Kier molecular flexibility index (Phi) is 6.15. The van der Waals surface area contributed by atoms with E-state index in [9.17, 15) is 4.79 Å². The Hall–Kier alpha value is -2.14. The van der Waals surface area contributed by atoms with Crippen LogP contribution in [0.5, 0.6) is 0 Å². The number of anilines is 1. The summed E-state index contributed by atoms with van der Waals surface area (Å²) in [5.74, 6) is 0.432. The van der Waals surface area contributed by atoms with Crippen LogP contribution in [0.2, 0.25) is 0 Å². The molecule has 0 bridgehead atoms. The molecular weight excluding hydrogens is 302 g/mol. The molecule has 130 valence electrons. The van der Waals surface area contributed by atoms with Gasteiger partial charge >= 0.3 is 0 Å². The number of nitrogens with one attached hydrogen (secondary N) is 1. The van der Waals surface area contributed by atoms with Gasteiger partial charge in [0.1, 0.15) is 6.10 Å². The Morgan fingerprint density at radius 1 is 1.25 bits per heavy atom. The number of hydrogen-bond donors (Lipinski definition) is 1. The van der Waals surface area contributed by atoms with Crippen molar-refractivity contribution < 1.29 is 9.53 Å². The molecule has 0 aliphatic heterocycles. The zero-order chi connectivity index (χ0) is 17.7. The van der Waals surface area contributed by atoms with E-state index in [-0.39, 0.29) is 5.91 Å². The summed E-state index contributed by atoms with van der Waals surface area (Å²) in [5.41, 5.74) is 3.69. The third-order valence-corrected chi connectivity index (χ3v) is 3.80. The largest absolute Gasteiger partial charge is 0.369 e. The number of rotatable bonds is 7. The van der Waals surface area contributed by atoms with Gasteiger partial charge in [0.25, 0.3) is 5.91 Å². The second kappa shape index (κ2) is 8.11. The lowest BCUT2D eigenvalue weighted by atomic mass is 10.1. The zero-order valence-electron chi connectivity index (χ0n) is 15.2. The molecule has 2 rings (SSSR count). The zero-order valence-corrected chi connectivity index (χ0v) is 15.2. The monoisotopic (exact) mass is 329 g/mol. The van der Waals surface area contributed by atoms with Gasteiger partial charge in [0.05, 0.1) is 11.4 Å². The van der Waals surface area contributed by atoms with E-state index in [4.69, 9.17) is 4.74 Å². The van der Waals surface area contributed by atoms with Gasteiger partial charge in [-0.1, -0.05) is 19.9 Å². The minimum atomic E-state index is -0.471. The molecule has 0 radical (unpaired) electrons. The summed E-state index contributed by atoms with van der Waals surface area (Å²) in [7, 11) is 0. The maximum absolute atomic E-state index is 12.2. The summed E-state index contributed by atoms with van der Waals surface area (Å²) in [6, 6.07) is 9.69. The van der Waals surface area contributed by atoms with Crippen molar-refractivity contribution in [1.82, 2.24) is 9.78 Å². The van der Waals surface area contributed by atoms with E-state index in [1.807, 2.05) is 48.9 Å². The van der Waals surface area contributed by atoms with Crippen molar-refractivity contribution in [3.8, 4) is 5.69 Å². The number of ether oxygens (including phenoxy) is 1. The molecule has 0 fully saturated rings. The lowest BCUT2D eigenvalue weighted by Crippen LogP contribution is -2.28. The van der Waals surface area contributed by atoms with Crippen LogP contribution < -0.4 is 5.32 Å². The van der Waals surface area contributed by atoms with Crippen molar-refractivity contribution in [3.63, 3.8) is 0 Å². The number of carbonyl (C=O) groups excluding carboxylic acids is 1. The molecule has 1 atom stereocenters. The van der Waals surface area contributed by atoms with Gasteiger partial charge in [-0.05, 0) is 57.4 Å². The number of benzene rings is 1. The van der Waals surface area contributed by atoms with Crippen LogP contribution in [0.25, 0.3) is 5.69 Å². The first-order valence-corrected chi connectivity index (χ1v) is 8.43. The molecule has 0 aliphatic rings. The van der Waals surface area contributed by atoms with Crippen molar-refractivity contribution in [2.45, 2.75) is 47.1 Å². The van der Waals surface area contributed by atoms with E-state index in [2.05, 4.69) is 24.3 Å². The van der Waals surface area contributed by atoms with Gasteiger partial charge in [-0.2, -0.15) is 5.10 Å². The normalized spacial score (nSPS) is 12.4. The summed E-state index contributed by atoms with van der Waals surface area (Å²) in [6.45, 7) is 10.6. The van der Waals surface area contributed by atoms with Crippen molar-refractivity contribution >= 4 is 11.6 Å². The third-order valence-electron chi connectivity index (χ3n) is 3.80. The minimum Gasteiger partial charge on any atom is -0.369 e. The van der Waals surface area contributed by atoms with E-state index in [1.165, 1.54) is 0 Å². The predicted octanol–water partition coefficient (Wildman–Crippen LogP) is 3.88. The highest BCUT2D eigenvalue weighted by Gasteiger charge is 2.14. The molecule has 24 heavy (non-hydrogen) atoms. The number of hydrogen-bond acceptors (Lipinski definition) is 3. The number of carbonyl (C=O) groups is 1. The highest BCUT2D eigenvalue weighted by molar-refractivity contribution is 5.94. The van der Waals surface area contributed by atoms with E-state index >= 15 is 0 Å². The van der Waals surface area contributed by atoms with E-state index in [1.54, 1.807) is 6.92 Å². The topological polar surface area (TPSA) is 56.2 Å². The molecule has 1 unspecified atom stereocenters. The SMILES string of the molecule is Cc1cc(C)n(-c2cccc(NC(=O)C(C)OCCC(C)C)c2)n1. The van der Waals surface area contributed by atoms with Crippen molar-refractivity contribution in [2.75, 3.05) is 11.9 Å². The molecule has 0 aliphatic carbocycles. The van der Waals surface area contributed by atoms with Crippen LogP contribution in [0.1, 0.15) is 38.6 Å². The fraction of sp³-hybridized carbons (Fsp3) is 0.474. The fourth-order valence-corrected chi connectivity index (χ4v) is 2.41. The summed E-state index contributed by atoms with van der Waals surface area (Å²) in [4.78, 5) is 12.2. The van der Waals surface area contributed by atoms with E-state index < -0.39 is 6.10 Å². The molecule has 1 aromatic carbocycles. The number of aromatic nitrogens is 2. The smallest absolute Gasteiger partial charge is 0.253 e. The average molecular weight is 329 g/mol. The fourth-order valence-electron chi connectivity index (χ4n) is 2.41. The predicted molar refractivity (Wildman–Crippen MR) is 96.5 cm³/mol. The summed E-state index contributed by atoms with van der Waals surface area (Å²) in [5, 5.41) is 7.38. The Morgan fingerprint density at radius 2 is 2.00 bits per heavy atom. The lowest BCUT2D eigenvalue weighted by Gasteiger charge is -2.15. The average Bonchev–Trinajstić information content (AvgIpc) is 2.85. The standard InChI is InChI=1S/C19H27N3O2/c1-13(2)9-10-24-16(5)19(23)20-17-7-6-8-18(12-17)22-15(4)11-14(3)21-22/h6-8,11-13,16H,9-10H2,1-5H3,(H,20,23). The summed E-state index contributed by atoms with van der Waals surface area (Å²) >= 11 is 0. The molecule has 1 heterocycles. The maximum Gasteiger partial charge on any atom is 0.253 e. The van der Waals surface area contributed by atoms with Crippen LogP contribution >= 0.6 is 0 Å². The minimum absolute atomic E-state index is 0.135. The van der Waals surface area contributed by atoms with E-state index in [0.717, 1.165) is 29.2 Å². The number of aryl methyl sites for hydroxylation is 2. The molecule has 0 saturated heterocycles. The quantitative estimate of drug-likeness (QED) is 0.838. The Labute approximate surface area is 144 Å². The van der Waals surface area contributed by atoms with Crippen LogP contribution in [0.4, 0.5) is 5.69 Å². The molecule has 1 N–H and O–H groups in total. The summed E-state index contributed by atoms with van der Waals surface area (Å²) in [6.07, 6.45) is 0.478. The highest BCUT2D eigenvalue weighted by atomic mass is 16.5. The second-order valence-corrected chi connectivity index (χ2v) is 6.57. The first-order chi connectivity index (χ1) is 11.4. The lowest BCUT2D eigenvalue weighted by molar-refractivity contribution is -0.126. The maximum atomic E-state index is 12.2. The van der Waals surface area contributed by atoms with Crippen molar-refractivity contribution in [1.29, 1.82) is 0 Å². The molecule has 0 saturated carbocycles. The van der Waals surface area contributed by atoms with Gasteiger partial charge in [-0.3, -0.25) is 4.79 Å². The molecule has 1 aromatic heterocycles. The third kappa shape index (κ3) is 4.93. The Morgan fingerprint density at radius 3 is 2.62 bits per heavy atom. The highest BCUT2D eigenvalue weighted by Crippen LogP contribution is 2.17.